The molecule has 9 heteroatoms. The second-order valence-corrected chi connectivity index (χ2v) is 1.69. The molecule has 12 heavy (non-hydrogen) atoms. The molecular formula is C3F3N3O3. The van der Waals surface area contributed by atoms with Gasteiger partial charge in [-0.1, -0.05) is 27.8 Å². The van der Waals surface area contributed by atoms with Gasteiger partial charge in [-0.3, -0.25) is 0 Å². The quantitative estimate of drug-likeness (QED) is 0.485. The Kier molecular flexibility index (Phi) is 1.63. The van der Waals surface area contributed by atoms with Crippen molar-refractivity contribution in [2.24, 2.45) is 0 Å². The lowest BCUT2D eigenvalue weighted by atomic mass is 11.0. The van der Waals surface area contributed by atoms with Crippen molar-refractivity contribution in [3.05, 3.63) is 31.5 Å². The molecule has 0 amide bonds. The monoisotopic (exact) mass is 183 g/mol. The first kappa shape index (κ1) is 8.30. The third-order valence-electron chi connectivity index (χ3n) is 1.01. The summed E-state index contributed by atoms with van der Waals surface area (Å²) >= 11 is 0. The van der Waals surface area contributed by atoms with Crippen molar-refractivity contribution < 1.29 is 13.4 Å². The van der Waals surface area contributed by atoms with Gasteiger partial charge in [0.15, 0.2) is 0 Å². The molecule has 0 aromatic carbocycles. The minimum absolute atomic E-state index is 1.37. The van der Waals surface area contributed by atoms with Gasteiger partial charge in [0.25, 0.3) is 0 Å². The van der Waals surface area contributed by atoms with Crippen molar-refractivity contribution >= 4 is 0 Å². The molecule has 0 bridgehead atoms. The molecule has 0 fully saturated rings. The van der Waals surface area contributed by atoms with Crippen molar-refractivity contribution in [1.82, 2.24) is 14.4 Å². The minimum Gasteiger partial charge on any atom is -0.242 e. The molecule has 0 aliphatic rings. The van der Waals surface area contributed by atoms with Crippen LogP contribution in [0, 0.1) is 0 Å². The minimum atomic E-state index is -2.18. The van der Waals surface area contributed by atoms with E-state index in [9.17, 15) is 27.8 Å². The molecule has 0 spiro atoms. The van der Waals surface area contributed by atoms with Crippen LogP contribution in [0.5, 0.6) is 0 Å². The van der Waals surface area contributed by atoms with Crippen LogP contribution in [0.2, 0.25) is 0 Å². The number of aromatic nitrogens is 3. The first-order valence-electron chi connectivity index (χ1n) is 2.46. The molecule has 0 aliphatic heterocycles. The molecule has 6 nitrogen and oxygen atoms in total. The summed E-state index contributed by atoms with van der Waals surface area (Å²) in [5, 5.41) is 0. The Bertz CT molecular complexity index is 381. The molecule has 1 rings (SSSR count). The fraction of sp³-hybridized carbons (Fsp3) is 0. The first-order chi connectivity index (χ1) is 5.46. The molecule has 1 aromatic heterocycles. The summed E-state index contributed by atoms with van der Waals surface area (Å²) in [6.45, 7) is 0. The molecule has 1 aromatic rings. The highest BCUT2D eigenvalue weighted by Crippen LogP contribution is 1.70. The lowest BCUT2D eigenvalue weighted by molar-refractivity contribution is 0.176. The smallest absolute Gasteiger partial charge is 0.242 e. The maximum absolute atomic E-state index is 12.1. The molecule has 66 valence electrons. The van der Waals surface area contributed by atoms with Crippen molar-refractivity contribution in [1.29, 1.82) is 0 Å². The van der Waals surface area contributed by atoms with Crippen LogP contribution in [-0.4, -0.2) is 14.4 Å². The van der Waals surface area contributed by atoms with Gasteiger partial charge in [0.1, 0.15) is 0 Å². The van der Waals surface area contributed by atoms with Crippen LogP contribution < -0.4 is 17.1 Å². The van der Waals surface area contributed by atoms with Crippen molar-refractivity contribution in [3.63, 3.8) is 0 Å². The van der Waals surface area contributed by atoms with E-state index >= 15 is 0 Å². The highest BCUT2D eigenvalue weighted by Gasteiger charge is 2.14. The summed E-state index contributed by atoms with van der Waals surface area (Å²) in [6, 6.07) is 0. The fourth-order valence-electron chi connectivity index (χ4n) is 0.477. The van der Waals surface area contributed by atoms with E-state index in [0.29, 0.717) is 0 Å². The second kappa shape index (κ2) is 2.36. The van der Waals surface area contributed by atoms with Crippen molar-refractivity contribution in [2.75, 3.05) is 0 Å². The Morgan fingerprint density at radius 3 is 1.00 bits per heavy atom. The van der Waals surface area contributed by atoms with E-state index < -0.39 is 31.4 Å². The lowest BCUT2D eigenvalue weighted by Gasteiger charge is -1.93. The van der Waals surface area contributed by atoms with E-state index in [1.165, 1.54) is 0 Å². The summed E-state index contributed by atoms with van der Waals surface area (Å²) < 4.78 is 36.2. The number of rotatable bonds is 0. The average molecular weight is 183 g/mol. The zero-order valence-corrected chi connectivity index (χ0v) is 5.20. The normalized spacial score (nSPS) is 10.2. The molecule has 1 heterocycles. The SMILES string of the molecule is O=c1n(F)c(=O)n(F)c(=O)n1F. The van der Waals surface area contributed by atoms with Crippen LogP contribution >= 0.6 is 0 Å². The summed E-state index contributed by atoms with van der Waals surface area (Å²) in [5.41, 5.74) is -6.54. The Balaban J connectivity index is 4.00. The largest absolute Gasteiger partial charge is 0.394 e. The molecule has 0 saturated carbocycles. The molecule has 0 atom stereocenters. The number of nitrogens with zero attached hydrogens (tertiary/aromatic N) is 3. The zero-order valence-electron chi connectivity index (χ0n) is 5.20. The van der Waals surface area contributed by atoms with E-state index in [2.05, 4.69) is 0 Å². The molecule has 0 saturated heterocycles. The van der Waals surface area contributed by atoms with Crippen LogP contribution in [0.4, 0.5) is 13.4 Å². The standard InChI is InChI=1S/C3F3N3O3/c4-7-1(10)8(5)3(12)9(6)2(7)11. The zero-order chi connectivity index (χ0) is 9.46. The highest BCUT2D eigenvalue weighted by atomic mass is 19.2. The maximum atomic E-state index is 12.1. The highest BCUT2D eigenvalue weighted by molar-refractivity contribution is 4.68. The lowest BCUT2D eigenvalue weighted by Crippen LogP contribution is -2.48. The van der Waals surface area contributed by atoms with Gasteiger partial charge in [0.2, 0.25) is 0 Å². The molecule has 0 aliphatic carbocycles. The third kappa shape index (κ3) is 0.863. The Morgan fingerprint density at radius 2 is 0.833 bits per heavy atom. The van der Waals surface area contributed by atoms with Crippen LogP contribution in [0.3, 0.4) is 0 Å². The third-order valence-corrected chi connectivity index (χ3v) is 1.01. The van der Waals surface area contributed by atoms with Crippen molar-refractivity contribution in [2.45, 2.75) is 0 Å². The van der Waals surface area contributed by atoms with Gasteiger partial charge in [-0.2, -0.15) is 0 Å². The summed E-state index contributed by atoms with van der Waals surface area (Å²) in [5.74, 6) is 0. The van der Waals surface area contributed by atoms with Crippen molar-refractivity contribution in [3.8, 4) is 0 Å². The van der Waals surface area contributed by atoms with Gasteiger partial charge < -0.3 is 0 Å². The van der Waals surface area contributed by atoms with E-state index in [1.54, 1.807) is 0 Å². The maximum Gasteiger partial charge on any atom is 0.394 e. The topological polar surface area (TPSA) is 66.0 Å². The second-order valence-electron chi connectivity index (χ2n) is 1.69. The summed E-state index contributed by atoms with van der Waals surface area (Å²) in [7, 11) is 0. The first-order valence-corrected chi connectivity index (χ1v) is 2.46. The van der Waals surface area contributed by atoms with Gasteiger partial charge in [0.05, 0.1) is 0 Å². The van der Waals surface area contributed by atoms with E-state index in [4.69, 9.17) is 0 Å². The number of hydrogen-bond donors (Lipinski definition) is 0. The van der Waals surface area contributed by atoms with Gasteiger partial charge >= 0.3 is 17.1 Å². The number of hydrogen-bond acceptors (Lipinski definition) is 3. The van der Waals surface area contributed by atoms with Gasteiger partial charge in [-0.25, -0.2) is 14.4 Å². The van der Waals surface area contributed by atoms with Crippen LogP contribution in [0.1, 0.15) is 0 Å². The fourth-order valence-corrected chi connectivity index (χ4v) is 0.477. The van der Waals surface area contributed by atoms with Gasteiger partial charge in [-0.15, -0.1) is 0 Å². The molecular weight excluding hydrogens is 183 g/mol. The molecule has 0 unspecified atom stereocenters. The average Bonchev–Trinajstić information content (AvgIpc) is 2.08. The van der Waals surface area contributed by atoms with Crippen LogP contribution in [0.25, 0.3) is 0 Å². The van der Waals surface area contributed by atoms with E-state index in [0.717, 1.165) is 0 Å². The Labute approximate surface area is 60.5 Å². The van der Waals surface area contributed by atoms with E-state index in [1.807, 2.05) is 0 Å². The predicted octanol–water partition coefficient (Wildman–Crippen LogP) is -1.63. The summed E-state index contributed by atoms with van der Waals surface area (Å²) in [4.78, 5) is 26.4. The summed E-state index contributed by atoms with van der Waals surface area (Å²) in [6.07, 6.45) is 0. The van der Waals surface area contributed by atoms with Crippen LogP contribution in [0.15, 0.2) is 14.4 Å². The van der Waals surface area contributed by atoms with Gasteiger partial charge in [-0.05, 0) is 0 Å². The van der Waals surface area contributed by atoms with Gasteiger partial charge in [0, 0.05) is 0 Å². The molecule has 0 radical (unpaired) electrons. The van der Waals surface area contributed by atoms with Crippen LogP contribution in [-0.2, 0) is 0 Å². The van der Waals surface area contributed by atoms with E-state index in [-0.39, 0.29) is 0 Å². The Hall–Kier alpha value is -1.80. The Morgan fingerprint density at radius 1 is 0.667 bits per heavy atom. The molecule has 0 N–H and O–H groups in total. The predicted molar refractivity (Wildman–Crippen MR) is 28.7 cm³/mol. The number of halogens is 3.